The van der Waals surface area contributed by atoms with Gasteiger partial charge in [-0.3, -0.25) is 9.48 Å². The van der Waals surface area contributed by atoms with Crippen molar-refractivity contribution in [2.24, 2.45) is 0 Å². The third-order valence-electron chi connectivity index (χ3n) is 4.47. The van der Waals surface area contributed by atoms with Crippen molar-refractivity contribution in [1.29, 1.82) is 0 Å². The first kappa shape index (κ1) is 17.7. The number of carbonyl (C=O) groups excluding carboxylic acids is 1. The van der Waals surface area contributed by atoms with Gasteiger partial charge >= 0.3 is 0 Å². The number of anilines is 1. The molecule has 0 aliphatic carbocycles. The van der Waals surface area contributed by atoms with E-state index in [-0.39, 0.29) is 5.91 Å². The van der Waals surface area contributed by atoms with E-state index in [9.17, 15) is 4.79 Å². The highest BCUT2D eigenvalue weighted by Crippen LogP contribution is 2.25. The second-order valence-electron chi connectivity index (χ2n) is 6.56. The molecule has 0 unspecified atom stereocenters. The summed E-state index contributed by atoms with van der Waals surface area (Å²) < 4.78 is 1.88. The lowest BCUT2D eigenvalue weighted by Crippen LogP contribution is -2.14. The minimum Gasteiger partial charge on any atom is -0.307 e. The minimum absolute atomic E-state index is 0.172. The summed E-state index contributed by atoms with van der Waals surface area (Å²) in [4.78, 5) is 17.2. The summed E-state index contributed by atoms with van der Waals surface area (Å²) in [5.74, 6) is 0.378. The third kappa shape index (κ3) is 3.99. The van der Waals surface area contributed by atoms with Gasteiger partial charge in [0.15, 0.2) is 0 Å². The van der Waals surface area contributed by atoms with Crippen LogP contribution in [0.5, 0.6) is 0 Å². The topological polar surface area (TPSA) is 59.8 Å². The molecule has 0 fully saturated rings. The van der Waals surface area contributed by atoms with E-state index in [0.29, 0.717) is 17.9 Å². The molecule has 4 aromatic rings. The molecule has 1 amide bonds. The maximum atomic E-state index is 12.8. The van der Waals surface area contributed by atoms with Crippen LogP contribution in [0.4, 0.5) is 5.82 Å². The van der Waals surface area contributed by atoms with Gasteiger partial charge in [-0.05, 0) is 47.9 Å². The average molecular weight is 368 g/mol. The Labute approximate surface area is 163 Å². The second kappa shape index (κ2) is 7.88. The Bertz CT molecular complexity index is 1090. The SMILES string of the molecule is Cc1cccc(NC(=O)c2ccccc2-c2ccc(Cn3cccn3)cc2)n1. The zero-order chi connectivity index (χ0) is 19.3. The highest BCUT2D eigenvalue weighted by molar-refractivity contribution is 6.08. The second-order valence-corrected chi connectivity index (χ2v) is 6.56. The Hall–Kier alpha value is -3.73. The zero-order valence-electron chi connectivity index (χ0n) is 15.5. The van der Waals surface area contributed by atoms with Gasteiger partial charge in [-0.25, -0.2) is 4.98 Å². The smallest absolute Gasteiger partial charge is 0.257 e. The van der Waals surface area contributed by atoms with Crippen LogP contribution in [-0.4, -0.2) is 20.7 Å². The lowest BCUT2D eigenvalue weighted by Gasteiger charge is -2.11. The average Bonchev–Trinajstić information content (AvgIpc) is 3.22. The number of aromatic nitrogens is 3. The predicted octanol–water partition coefficient (Wildman–Crippen LogP) is 4.55. The number of hydrogen-bond donors (Lipinski definition) is 1. The molecule has 0 aliphatic rings. The minimum atomic E-state index is -0.172. The quantitative estimate of drug-likeness (QED) is 0.562. The van der Waals surface area contributed by atoms with Gasteiger partial charge in [0.1, 0.15) is 5.82 Å². The van der Waals surface area contributed by atoms with Crippen LogP contribution in [0.25, 0.3) is 11.1 Å². The lowest BCUT2D eigenvalue weighted by molar-refractivity contribution is 0.102. The number of carbonyl (C=O) groups is 1. The number of nitrogens with zero attached hydrogens (tertiary/aromatic N) is 3. The molecule has 0 saturated carbocycles. The highest BCUT2D eigenvalue weighted by Gasteiger charge is 2.13. The highest BCUT2D eigenvalue weighted by atomic mass is 16.1. The van der Waals surface area contributed by atoms with Crippen molar-refractivity contribution in [3.8, 4) is 11.1 Å². The summed E-state index contributed by atoms with van der Waals surface area (Å²) >= 11 is 0. The third-order valence-corrected chi connectivity index (χ3v) is 4.47. The summed E-state index contributed by atoms with van der Waals surface area (Å²) in [5.41, 5.74) is 4.51. The van der Waals surface area contributed by atoms with Gasteiger partial charge in [0.2, 0.25) is 0 Å². The lowest BCUT2D eigenvalue weighted by atomic mass is 9.98. The van der Waals surface area contributed by atoms with Crippen molar-refractivity contribution in [2.45, 2.75) is 13.5 Å². The molecule has 28 heavy (non-hydrogen) atoms. The molecule has 2 aromatic carbocycles. The van der Waals surface area contributed by atoms with Crippen LogP contribution in [0, 0.1) is 6.92 Å². The maximum absolute atomic E-state index is 12.8. The van der Waals surface area contributed by atoms with E-state index in [4.69, 9.17) is 0 Å². The Morgan fingerprint density at radius 2 is 1.79 bits per heavy atom. The molecular formula is C23H20N4O. The van der Waals surface area contributed by atoms with Gasteiger partial charge in [-0.2, -0.15) is 5.10 Å². The van der Waals surface area contributed by atoms with E-state index in [2.05, 4.69) is 27.5 Å². The maximum Gasteiger partial charge on any atom is 0.257 e. The number of pyridine rings is 1. The molecule has 2 aromatic heterocycles. The van der Waals surface area contributed by atoms with Crippen molar-refractivity contribution < 1.29 is 4.79 Å². The fraction of sp³-hybridized carbons (Fsp3) is 0.0870. The number of nitrogens with one attached hydrogen (secondary N) is 1. The molecule has 0 saturated heterocycles. The van der Waals surface area contributed by atoms with E-state index in [1.165, 1.54) is 0 Å². The molecule has 1 N–H and O–H groups in total. The van der Waals surface area contributed by atoms with E-state index in [0.717, 1.165) is 22.4 Å². The van der Waals surface area contributed by atoms with Crippen LogP contribution in [0.3, 0.4) is 0 Å². The predicted molar refractivity (Wildman–Crippen MR) is 110 cm³/mol. The Kier molecular flexibility index (Phi) is 4.97. The monoisotopic (exact) mass is 368 g/mol. The summed E-state index contributed by atoms with van der Waals surface area (Å²) in [5, 5.41) is 7.12. The van der Waals surface area contributed by atoms with E-state index >= 15 is 0 Å². The fourth-order valence-corrected chi connectivity index (χ4v) is 3.10. The fourth-order valence-electron chi connectivity index (χ4n) is 3.10. The molecule has 0 aliphatic heterocycles. The summed E-state index contributed by atoms with van der Waals surface area (Å²) in [7, 11) is 0. The van der Waals surface area contributed by atoms with E-state index in [1.54, 1.807) is 12.3 Å². The number of aryl methyl sites for hydroxylation is 1. The first-order chi connectivity index (χ1) is 13.7. The van der Waals surface area contributed by atoms with Gasteiger partial charge in [0, 0.05) is 23.7 Å². The molecule has 0 spiro atoms. The van der Waals surface area contributed by atoms with Crippen LogP contribution in [0.1, 0.15) is 21.6 Å². The molecule has 2 heterocycles. The summed E-state index contributed by atoms with van der Waals surface area (Å²) in [6, 6.07) is 23.3. The number of hydrogen-bond acceptors (Lipinski definition) is 3. The van der Waals surface area contributed by atoms with E-state index < -0.39 is 0 Å². The standard InChI is InChI=1S/C23H20N4O/c1-17-6-4-9-22(25-17)26-23(28)21-8-3-2-7-20(21)19-12-10-18(11-13-19)16-27-15-5-14-24-27/h2-15H,16H2,1H3,(H,25,26,28). The number of rotatable bonds is 5. The molecule has 5 nitrogen and oxygen atoms in total. The molecule has 0 bridgehead atoms. The number of benzene rings is 2. The molecule has 0 radical (unpaired) electrons. The van der Waals surface area contributed by atoms with Crippen molar-refractivity contribution >= 4 is 11.7 Å². The first-order valence-electron chi connectivity index (χ1n) is 9.10. The van der Waals surface area contributed by atoms with Crippen molar-refractivity contribution in [3.63, 3.8) is 0 Å². The van der Waals surface area contributed by atoms with Crippen LogP contribution >= 0.6 is 0 Å². The number of amides is 1. The molecule has 0 atom stereocenters. The molecule has 4 rings (SSSR count). The molecule has 138 valence electrons. The largest absolute Gasteiger partial charge is 0.307 e. The van der Waals surface area contributed by atoms with Gasteiger partial charge in [0.25, 0.3) is 5.91 Å². The normalized spacial score (nSPS) is 10.6. The van der Waals surface area contributed by atoms with E-state index in [1.807, 2.05) is 72.4 Å². The van der Waals surface area contributed by atoms with Crippen LogP contribution in [-0.2, 0) is 6.54 Å². The molecular weight excluding hydrogens is 348 g/mol. The van der Waals surface area contributed by atoms with Crippen LogP contribution < -0.4 is 5.32 Å². The Balaban J connectivity index is 1.58. The summed E-state index contributed by atoms with van der Waals surface area (Å²) in [6.07, 6.45) is 3.71. The Morgan fingerprint density at radius 1 is 0.964 bits per heavy atom. The molecule has 5 heteroatoms. The van der Waals surface area contributed by atoms with Gasteiger partial charge in [-0.15, -0.1) is 0 Å². The summed E-state index contributed by atoms with van der Waals surface area (Å²) in [6.45, 7) is 2.61. The Morgan fingerprint density at radius 3 is 2.54 bits per heavy atom. The van der Waals surface area contributed by atoms with Gasteiger partial charge in [-0.1, -0.05) is 48.5 Å². The van der Waals surface area contributed by atoms with Gasteiger partial charge < -0.3 is 5.32 Å². The van der Waals surface area contributed by atoms with Gasteiger partial charge in [0.05, 0.1) is 6.54 Å². The van der Waals surface area contributed by atoms with Crippen molar-refractivity contribution in [2.75, 3.05) is 5.32 Å². The zero-order valence-corrected chi connectivity index (χ0v) is 15.5. The van der Waals surface area contributed by atoms with Crippen molar-refractivity contribution in [3.05, 3.63) is 102 Å². The van der Waals surface area contributed by atoms with Crippen LogP contribution in [0.2, 0.25) is 0 Å². The first-order valence-corrected chi connectivity index (χ1v) is 9.10. The van der Waals surface area contributed by atoms with Crippen molar-refractivity contribution in [1.82, 2.24) is 14.8 Å². The van der Waals surface area contributed by atoms with Crippen LogP contribution in [0.15, 0.2) is 85.2 Å².